The van der Waals surface area contributed by atoms with E-state index in [0.29, 0.717) is 19.1 Å². The highest BCUT2D eigenvalue weighted by molar-refractivity contribution is 14.0. The van der Waals surface area contributed by atoms with Gasteiger partial charge in [0.2, 0.25) is 5.91 Å². The number of carbonyl (C=O) groups is 1. The molecule has 1 rings (SSSR count). The van der Waals surface area contributed by atoms with E-state index >= 15 is 0 Å². The second-order valence-electron chi connectivity index (χ2n) is 5.75. The van der Waals surface area contributed by atoms with Crippen LogP contribution in [0.3, 0.4) is 0 Å². The molecule has 0 fully saturated rings. The number of aliphatic imine (C=N–C) groups is 1. The van der Waals surface area contributed by atoms with Crippen molar-refractivity contribution in [3.63, 3.8) is 0 Å². The summed E-state index contributed by atoms with van der Waals surface area (Å²) in [6, 6.07) is 10.2. The Morgan fingerprint density at radius 2 is 1.85 bits per heavy atom. The average molecular weight is 476 g/mol. The molecule has 1 amide bonds. The van der Waals surface area contributed by atoms with Crippen LogP contribution in [0.4, 0.5) is 0 Å². The number of nitrogens with zero attached hydrogens (tertiary/aromatic N) is 1. The highest BCUT2D eigenvalue weighted by Gasteiger charge is 2.05. The molecule has 0 aromatic heterocycles. The molecule has 0 bridgehead atoms. The van der Waals surface area contributed by atoms with E-state index < -0.39 is 0 Å². The molecule has 0 aliphatic heterocycles. The first-order valence-electron chi connectivity index (χ1n) is 9.12. The summed E-state index contributed by atoms with van der Waals surface area (Å²) in [5, 5.41) is 9.17. The Morgan fingerprint density at radius 3 is 2.50 bits per heavy atom. The highest BCUT2D eigenvalue weighted by atomic mass is 127. The van der Waals surface area contributed by atoms with Gasteiger partial charge in [0.1, 0.15) is 6.54 Å². The number of halogens is 1. The Hall–Kier alpha value is -1.35. The van der Waals surface area contributed by atoms with Gasteiger partial charge >= 0.3 is 0 Å². The van der Waals surface area contributed by atoms with Crippen LogP contribution >= 0.6 is 24.0 Å². The maximum absolute atomic E-state index is 11.6. The first-order chi connectivity index (χ1) is 12.2. The first-order valence-corrected chi connectivity index (χ1v) is 9.12. The Kier molecular flexibility index (Phi) is 15.0. The third kappa shape index (κ3) is 11.3. The SMILES string of the molecule is CCCNC(=O)CN=C(NCC)NCCCOC(C)c1ccccc1.I. The lowest BCUT2D eigenvalue weighted by Gasteiger charge is -2.14. The second-order valence-corrected chi connectivity index (χ2v) is 5.75. The van der Waals surface area contributed by atoms with Crippen molar-refractivity contribution < 1.29 is 9.53 Å². The number of ether oxygens (including phenoxy) is 1. The van der Waals surface area contributed by atoms with E-state index in [0.717, 1.165) is 25.9 Å². The maximum Gasteiger partial charge on any atom is 0.241 e. The fourth-order valence-electron chi connectivity index (χ4n) is 2.17. The zero-order valence-electron chi connectivity index (χ0n) is 16.1. The molecule has 1 atom stereocenters. The monoisotopic (exact) mass is 476 g/mol. The van der Waals surface area contributed by atoms with Gasteiger partial charge < -0.3 is 20.7 Å². The Labute approximate surface area is 174 Å². The van der Waals surface area contributed by atoms with Crippen LogP contribution in [0.15, 0.2) is 35.3 Å². The predicted octanol–water partition coefficient (Wildman–Crippen LogP) is 2.85. The molecule has 0 saturated carbocycles. The summed E-state index contributed by atoms with van der Waals surface area (Å²) in [7, 11) is 0. The van der Waals surface area contributed by atoms with Crippen LogP contribution in [0, 0.1) is 0 Å². The minimum absolute atomic E-state index is 0. The van der Waals surface area contributed by atoms with Gasteiger partial charge in [0.05, 0.1) is 6.10 Å². The number of guanidine groups is 1. The standard InChI is InChI=1S/C19H32N4O2.HI/c1-4-12-21-18(24)15-23-19(20-5-2)22-13-9-14-25-16(3)17-10-7-6-8-11-17;/h6-8,10-11,16H,4-5,9,12-15H2,1-3H3,(H,21,24)(H2,20,22,23);1H. The Balaban J connectivity index is 0.00000625. The van der Waals surface area contributed by atoms with E-state index in [9.17, 15) is 4.79 Å². The van der Waals surface area contributed by atoms with Crippen molar-refractivity contribution in [2.24, 2.45) is 4.99 Å². The van der Waals surface area contributed by atoms with E-state index in [1.165, 1.54) is 5.56 Å². The Morgan fingerprint density at radius 1 is 1.12 bits per heavy atom. The third-order valence-corrected chi connectivity index (χ3v) is 3.55. The van der Waals surface area contributed by atoms with E-state index in [4.69, 9.17) is 4.74 Å². The van der Waals surface area contributed by atoms with Gasteiger partial charge in [-0.15, -0.1) is 24.0 Å². The first kappa shape index (κ1) is 24.7. The summed E-state index contributed by atoms with van der Waals surface area (Å²) in [4.78, 5) is 15.9. The minimum Gasteiger partial charge on any atom is -0.374 e. The molecule has 0 saturated heterocycles. The highest BCUT2D eigenvalue weighted by Crippen LogP contribution is 2.15. The molecular formula is C19H33IN4O2. The van der Waals surface area contributed by atoms with Crippen LogP contribution < -0.4 is 16.0 Å². The van der Waals surface area contributed by atoms with Gasteiger partial charge in [0.25, 0.3) is 0 Å². The van der Waals surface area contributed by atoms with Gasteiger partial charge in [-0.3, -0.25) is 4.79 Å². The molecule has 0 aliphatic rings. The normalized spacial score (nSPS) is 12.0. The van der Waals surface area contributed by atoms with Crippen molar-refractivity contribution >= 4 is 35.8 Å². The number of hydrogen-bond donors (Lipinski definition) is 3. The van der Waals surface area contributed by atoms with E-state index in [1.807, 2.05) is 32.0 Å². The molecule has 3 N–H and O–H groups in total. The second kappa shape index (κ2) is 15.9. The largest absolute Gasteiger partial charge is 0.374 e. The molecule has 1 aromatic rings. The quantitative estimate of drug-likeness (QED) is 0.199. The minimum atomic E-state index is -0.0564. The molecule has 6 nitrogen and oxygen atoms in total. The van der Waals surface area contributed by atoms with Crippen LogP contribution in [0.1, 0.15) is 45.3 Å². The molecule has 26 heavy (non-hydrogen) atoms. The predicted molar refractivity (Wildman–Crippen MR) is 118 cm³/mol. The van der Waals surface area contributed by atoms with Crippen molar-refractivity contribution in [3.8, 4) is 0 Å². The molecule has 0 aliphatic carbocycles. The fraction of sp³-hybridized carbons (Fsp3) is 0.579. The molecule has 0 spiro atoms. The smallest absolute Gasteiger partial charge is 0.241 e. The molecule has 148 valence electrons. The zero-order chi connectivity index (χ0) is 18.3. The van der Waals surface area contributed by atoms with Gasteiger partial charge in [-0.2, -0.15) is 0 Å². The van der Waals surface area contributed by atoms with Crippen molar-refractivity contribution in [2.75, 3.05) is 32.8 Å². The molecule has 7 heteroatoms. The summed E-state index contributed by atoms with van der Waals surface area (Å²) in [6.45, 7) is 9.07. The number of rotatable bonds is 11. The lowest BCUT2D eigenvalue weighted by atomic mass is 10.1. The van der Waals surface area contributed by atoms with E-state index in [-0.39, 0.29) is 42.5 Å². The zero-order valence-corrected chi connectivity index (χ0v) is 18.4. The van der Waals surface area contributed by atoms with Crippen LogP contribution in [0.25, 0.3) is 0 Å². The van der Waals surface area contributed by atoms with Crippen molar-refractivity contribution in [3.05, 3.63) is 35.9 Å². The summed E-state index contributed by atoms with van der Waals surface area (Å²) >= 11 is 0. The molecule has 0 heterocycles. The molecule has 0 radical (unpaired) electrons. The van der Waals surface area contributed by atoms with Gasteiger partial charge in [-0.25, -0.2) is 4.99 Å². The number of amides is 1. The van der Waals surface area contributed by atoms with Crippen LogP contribution in [0.2, 0.25) is 0 Å². The Bertz CT molecular complexity index is 512. The summed E-state index contributed by atoms with van der Waals surface area (Å²) in [6.07, 6.45) is 1.88. The molecule has 1 aromatic carbocycles. The fourth-order valence-corrected chi connectivity index (χ4v) is 2.17. The van der Waals surface area contributed by atoms with Gasteiger partial charge in [-0.05, 0) is 32.3 Å². The van der Waals surface area contributed by atoms with E-state index in [1.54, 1.807) is 0 Å². The average Bonchev–Trinajstić information content (AvgIpc) is 2.64. The van der Waals surface area contributed by atoms with Crippen molar-refractivity contribution in [1.82, 2.24) is 16.0 Å². The van der Waals surface area contributed by atoms with Crippen molar-refractivity contribution in [2.45, 2.75) is 39.7 Å². The molecule has 1 unspecified atom stereocenters. The van der Waals surface area contributed by atoms with Gasteiger partial charge in [0, 0.05) is 26.2 Å². The van der Waals surface area contributed by atoms with Gasteiger partial charge in [0.15, 0.2) is 5.96 Å². The van der Waals surface area contributed by atoms with Gasteiger partial charge in [-0.1, -0.05) is 37.3 Å². The molecular weight excluding hydrogens is 443 g/mol. The van der Waals surface area contributed by atoms with Crippen LogP contribution in [-0.2, 0) is 9.53 Å². The summed E-state index contributed by atoms with van der Waals surface area (Å²) < 4.78 is 5.85. The number of nitrogens with one attached hydrogen (secondary N) is 3. The maximum atomic E-state index is 11.6. The lowest BCUT2D eigenvalue weighted by molar-refractivity contribution is -0.119. The third-order valence-electron chi connectivity index (χ3n) is 3.55. The van der Waals surface area contributed by atoms with Crippen LogP contribution in [-0.4, -0.2) is 44.7 Å². The number of benzene rings is 1. The van der Waals surface area contributed by atoms with Crippen molar-refractivity contribution in [1.29, 1.82) is 0 Å². The van der Waals surface area contributed by atoms with E-state index in [2.05, 4.69) is 40.0 Å². The lowest BCUT2D eigenvalue weighted by Crippen LogP contribution is -2.39. The van der Waals surface area contributed by atoms with Crippen LogP contribution in [0.5, 0.6) is 0 Å². The summed E-state index contributed by atoms with van der Waals surface area (Å²) in [5.74, 6) is 0.601. The summed E-state index contributed by atoms with van der Waals surface area (Å²) in [5.41, 5.74) is 1.18. The topological polar surface area (TPSA) is 74.8 Å². The number of carbonyl (C=O) groups excluding carboxylic acids is 1. The number of hydrogen-bond acceptors (Lipinski definition) is 3.